The second-order valence-corrected chi connectivity index (χ2v) is 4.82. The number of methoxy groups -OCH3 is 1. The Morgan fingerprint density at radius 2 is 2.13 bits per heavy atom. The van der Waals surface area contributed by atoms with Crippen molar-refractivity contribution in [2.45, 2.75) is 46.5 Å². The molecule has 0 bridgehead atoms. The molecular weight excluding hydrogens is 188 g/mol. The van der Waals surface area contributed by atoms with Gasteiger partial charge in [0.05, 0.1) is 7.11 Å². The number of carbonyl (C=O) groups is 1. The third kappa shape index (κ3) is 3.08. The van der Waals surface area contributed by atoms with E-state index in [1.807, 2.05) is 6.92 Å². The normalized spacial score (nSPS) is 22.5. The molecule has 1 aliphatic rings. The molecule has 1 rings (SSSR count). The van der Waals surface area contributed by atoms with Gasteiger partial charge in [0.2, 0.25) is 0 Å². The van der Waals surface area contributed by atoms with Gasteiger partial charge in [0.15, 0.2) is 5.78 Å². The van der Waals surface area contributed by atoms with E-state index < -0.39 is 0 Å². The van der Waals surface area contributed by atoms with Gasteiger partial charge in [-0.2, -0.15) is 0 Å². The lowest BCUT2D eigenvalue weighted by atomic mass is 9.83. The fourth-order valence-corrected chi connectivity index (χ4v) is 2.13. The Kier molecular flexibility index (Phi) is 4.37. The Bertz CT molecular complexity index is 264. The van der Waals surface area contributed by atoms with Crippen molar-refractivity contribution in [2.24, 2.45) is 11.8 Å². The lowest BCUT2D eigenvalue weighted by Gasteiger charge is -2.24. The summed E-state index contributed by atoms with van der Waals surface area (Å²) in [6.07, 6.45) is 4.07. The van der Waals surface area contributed by atoms with Gasteiger partial charge in [-0.1, -0.05) is 20.3 Å². The van der Waals surface area contributed by atoms with Crippen molar-refractivity contribution in [3.8, 4) is 0 Å². The Morgan fingerprint density at radius 3 is 2.67 bits per heavy atom. The minimum absolute atomic E-state index is 0.242. The number of ether oxygens (including phenoxy) is 1. The molecule has 1 aliphatic carbocycles. The van der Waals surface area contributed by atoms with Crippen LogP contribution in [0.15, 0.2) is 11.3 Å². The van der Waals surface area contributed by atoms with Gasteiger partial charge in [0, 0.05) is 17.9 Å². The van der Waals surface area contributed by atoms with Crippen LogP contribution in [0.5, 0.6) is 0 Å². The summed E-state index contributed by atoms with van der Waals surface area (Å²) in [5.41, 5.74) is 0.845. The van der Waals surface area contributed by atoms with Crippen molar-refractivity contribution in [3.05, 3.63) is 11.3 Å². The molecule has 0 heterocycles. The van der Waals surface area contributed by atoms with Gasteiger partial charge in [0.25, 0.3) is 0 Å². The molecule has 0 aromatic carbocycles. The number of ketones is 1. The topological polar surface area (TPSA) is 26.3 Å². The van der Waals surface area contributed by atoms with Gasteiger partial charge in [-0.3, -0.25) is 4.79 Å². The van der Waals surface area contributed by atoms with Crippen molar-refractivity contribution in [1.29, 1.82) is 0 Å². The van der Waals surface area contributed by atoms with Crippen LogP contribution in [-0.4, -0.2) is 12.9 Å². The third-order valence-corrected chi connectivity index (χ3v) is 3.22. The molecule has 0 aromatic rings. The summed E-state index contributed by atoms with van der Waals surface area (Å²) < 4.78 is 5.21. The predicted molar refractivity (Wildman–Crippen MR) is 61.5 cm³/mol. The third-order valence-electron chi connectivity index (χ3n) is 3.22. The summed E-state index contributed by atoms with van der Waals surface area (Å²) in [4.78, 5) is 12.0. The maximum absolute atomic E-state index is 12.0. The highest BCUT2D eigenvalue weighted by Gasteiger charge is 2.27. The molecule has 0 aromatic heterocycles. The van der Waals surface area contributed by atoms with Gasteiger partial charge in [-0.05, 0) is 25.7 Å². The quantitative estimate of drug-likeness (QED) is 0.711. The van der Waals surface area contributed by atoms with Crippen molar-refractivity contribution < 1.29 is 9.53 Å². The number of hydrogen-bond acceptors (Lipinski definition) is 2. The van der Waals surface area contributed by atoms with Crippen molar-refractivity contribution in [3.63, 3.8) is 0 Å². The van der Waals surface area contributed by atoms with E-state index in [1.54, 1.807) is 7.11 Å². The molecule has 86 valence electrons. The lowest BCUT2D eigenvalue weighted by Crippen LogP contribution is -2.22. The van der Waals surface area contributed by atoms with Crippen LogP contribution >= 0.6 is 0 Å². The molecule has 1 atom stereocenters. The van der Waals surface area contributed by atoms with Crippen LogP contribution in [0, 0.1) is 11.8 Å². The largest absolute Gasteiger partial charge is 0.501 e. The number of rotatable bonds is 4. The Morgan fingerprint density at radius 1 is 1.47 bits per heavy atom. The van der Waals surface area contributed by atoms with Gasteiger partial charge >= 0.3 is 0 Å². The van der Waals surface area contributed by atoms with E-state index >= 15 is 0 Å². The van der Waals surface area contributed by atoms with Crippen molar-refractivity contribution >= 4 is 5.78 Å². The van der Waals surface area contributed by atoms with Crippen LogP contribution < -0.4 is 0 Å². The first-order chi connectivity index (χ1) is 7.06. The van der Waals surface area contributed by atoms with Crippen LogP contribution in [0.25, 0.3) is 0 Å². The highest BCUT2D eigenvalue weighted by molar-refractivity contribution is 5.97. The Hall–Kier alpha value is -0.790. The number of carbonyl (C=O) groups excluding carboxylic acids is 1. The first-order valence-corrected chi connectivity index (χ1v) is 5.84. The number of allylic oxidation sites excluding steroid dienone is 2. The molecule has 0 fully saturated rings. The fraction of sp³-hybridized carbons (Fsp3) is 0.769. The van der Waals surface area contributed by atoms with Crippen molar-refractivity contribution in [1.82, 2.24) is 0 Å². The molecule has 2 nitrogen and oxygen atoms in total. The minimum atomic E-state index is 0.242. The summed E-state index contributed by atoms with van der Waals surface area (Å²) in [6.45, 7) is 6.30. The highest BCUT2D eigenvalue weighted by atomic mass is 16.5. The van der Waals surface area contributed by atoms with Crippen LogP contribution in [-0.2, 0) is 9.53 Å². The van der Waals surface area contributed by atoms with E-state index in [0.717, 1.165) is 37.0 Å². The minimum Gasteiger partial charge on any atom is -0.501 e. The predicted octanol–water partition coefficient (Wildman–Crippen LogP) is 3.32. The summed E-state index contributed by atoms with van der Waals surface area (Å²) in [5, 5.41) is 0. The Labute approximate surface area is 92.7 Å². The van der Waals surface area contributed by atoms with E-state index in [-0.39, 0.29) is 5.92 Å². The Balaban J connectivity index is 2.59. The maximum atomic E-state index is 12.0. The van der Waals surface area contributed by atoms with Gasteiger partial charge in [-0.15, -0.1) is 0 Å². The number of hydrogen-bond donors (Lipinski definition) is 0. The van der Waals surface area contributed by atoms with Crippen LogP contribution in [0.2, 0.25) is 0 Å². The summed E-state index contributed by atoms with van der Waals surface area (Å²) in [7, 11) is 1.65. The molecule has 0 spiro atoms. The first kappa shape index (κ1) is 12.3. The zero-order chi connectivity index (χ0) is 11.4. The molecule has 0 saturated carbocycles. The second-order valence-electron chi connectivity index (χ2n) is 4.82. The van der Waals surface area contributed by atoms with Gasteiger partial charge in [-0.25, -0.2) is 0 Å². The molecule has 0 aliphatic heterocycles. The summed E-state index contributed by atoms with van der Waals surface area (Å²) >= 11 is 0. The number of Topliss-reactive ketones (excluding diaryl/α,β-unsaturated/α-hetero) is 1. The maximum Gasteiger partial charge on any atom is 0.165 e. The smallest absolute Gasteiger partial charge is 0.165 e. The SMILES string of the molecule is COC1=C(C)C(=O)C(CCC(C)C)CC1. The van der Waals surface area contributed by atoms with Gasteiger partial charge < -0.3 is 4.74 Å². The van der Waals surface area contributed by atoms with E-state index in [4.69, 9.17) is 4.74 Å². The zero-order valence-electron chi connectivity index (χ0n) is 10.3. The molecule has 0 N–H and O–H groups in total. The molecule has 15 heavy (non-hydrogen) atoms. The average Bonchev–Trinajstić information content (AvgIpc) is 2.20. The van der Waals surface area contributed by atoms with E-state index in [1.165, 1.54) is 0 Å². The van der Waals surface area contributed by atoms with Gasteiger partial charge in [0.1, 0.15) is 5.76 Å². The highest BCUT2D eigenvalue weighted by Crippen LogP contribution is 2.30. The molecule has 0 radical (unpaired) electrons. The molecule has 2 heteroatoms. The molecular formula is C13H22O2. The summed E-state index contributed by atoms with van der Waals surface area (Å²) in [5.74, 6) is 2.12. The fourth-order valence-electron chi connectivity index (χ4n) is 2.13. The lowest BCUT2D eigenvalue weighted by molar-refractivity contribution is -0.120. The summed E-state index contributed by atoms with van der Waals surface area (Å²) in [6, 6.07) is 0. The van der Waals surface area contributed by atoms with Crippen LogP contribution in [0.3, 0.4) is 0 Å². The monoisotopic (exact) mass is 210 g/mol. The first-order valence-electron chi connectivity index (χ1n) is 5.84. The standard InChI is InChI=1S/C13H22O2/c1-9(2)5-6-11-7-8-12(15-4)10(3)13(11)14/h9,11H,5-8H2,1-4H3. The second kappa shape index (κ2) is 5.34. The van der Waals surface area contributed by atoms with Crippen LogP contribution in [0.4, 0.5) is 0 Å². The molecule has 0 saturated heterocycles. The van der Waals surface area contributed by atoms with E-state index in [0.29, 0.717) is 11.7 Å². The van der Waals surface area contributed by atoms with Crippen LogP contribution in [0.1, 0.15) is 46.5 Å². The van der Waals surface area contributed by atoms with E-state index in [9.17, 15) is 4.79 Å². The average molecular weight is 210 g/mol. The van der Waals surface area contributed by atoms with Crippen molar-refractivity contribution in [2.75, 3.05) is 7.11 Å². The molecule has 1 unspecified atom stereocenters. The van der Waals surface area contributed by atoms with E-state index in [2.05, 4.69) is 13.8 Å². The zero-order valence-corrected chi connectivity index (χ0v) is 10.3. The molecule has 0 amide bonds.